The molecule has 158 valence electrons. The first kappa shape index (κ1) is 20.1. The third kappa shape index (κ3) is 3.79. The average molecular weight is 410 g/mol. The molecule has 2 N–H and O–H groups in total. The SMILES string of the molecule is CC1(C)CC2CC(C)(CN2c2ncnc(NNC(=O)c3ccccc3)c2[N+](=O)[O-])C1. The lowest BCUT2D eigenvalue weighted by Crippen LogP contribution is -2.35. The van der Waals surface area contributed by atoms with Crippen molar-refractivity contribution in [2.45, 2.75) is 46.1 Å². The van der Waals surface area contributed by atoms with Crippen LogP contribution in [0, 0.1) is 20.9 Å². The van der Waals surface area contributed by atoms with Gasteiger partial charge in [-0.25, -0.2) is 9.97 Å². The number of carbonyl (C=O) groups is 1. The Hall–Kier alpha value is -3.23. The number of carbonyl (C=O) groups excluding carboxylic acids is 1. The van der Waals surface area contributed by atoms with Crippen LogP contribution >= 0.6 is 0 Å². The van der Waals surface area contributed by atoms with E-state index in [4.69, 9.17) is 0 Å². The number of benzene rings is 1. The summed E-state index contributed by atoms with van der Waals surface area (Å²) in [6.45, 7) is 7.46. The van der Waals surface area contributed by atoms with Crippen LogP contribution in [0.15, 0.2) is 36.7 Å². The molecule has 4 rings (SSSR count). The molecule has 1 aromatic heterocycles. The molecule has 30 heavy (non-hydrogen) atoms. The van der Waals surface area contributed by atoms with Gasteiger partial charge in [-0.3, -0.25) is 25.8 Å². The molecular weight excluding hydrogens is 384 g/mol. The number of nitrogens with one attached hydrogen (secondary N) is 2. The van der Waals surface area contributed by atoms with E-state index >= 15 is 0 Å². The molecule has 1 aromatic carbocycles. The van der Waals surface area contributed by atoms with Crippen molar-refractivity contribution in [1.29, 1.82) is 0 Å². The highest BCUT2D eigenvalue weighted by Crippen LogP contribution is 2.54. The van der Waals surface area contributed by atoms with Gasteiger partial charge in [-0.15, -0.1) is 0 Å². The van der Waals surface area contributed by atoms with Crippen LogP contribution in [-0.4, -0.2) is 33.4 Å². The van der Waals surface area contributed by atoms with E-state index in [0.717, 1.165) is 25.8 Å². The normalized spacial score (nSPS) is 24.4. The predicted molar refractivity (Wildman–Crippen MR) is 113 cm³/mol. The quantitative estimate of drug-likeness (QED) is 0.572. The number of nitro groups is 1. The van der Waals surface area contributed by atoms with Gasteiger partial charge in [-0.2, -0.15) is 0 Å². The Morgan fingerprint density at radius 2 is 1.93 bits per heavy atom. The zero-order valence-electron chi connectivity index (χ0n) is 17.4. The standard InChI is InChI=1S/C21H26N6O3/c1-20(2)9-15-10-21(3,11-20)12-26(15)18-16(27(29)30)17(22-13-23-18)24-25-19(28)14-7-5-4-6-8-14/h4-8,13,15H,9-12H2,1-3H3,(H,25,28)(H,22,23,24). The average Bonchev–Trinajstić information content (AvgIpc) is 2.94. The Labute approximate surface area is 175 Å². The van der Waals surface area contributed by atoms with E-state index in [9.17, 15) is 14.9 Å². The fourth-order valence-corrected chi connectivity index (χ4v) is 5.32. The summed E-state index contributed by atoms with van der Waals surface area (Å²) < 4.78 is 0. The number of hydrogen-bond acceptors (Lipinski definition) is 7. The van der Waals surface area contributed by atoms with Crippen LogP contribution in [0.4, 0.5) is 17.3 Å². The van der Waals surface area contributed by atoms with Crippen molar-refractivity contribution >= 4 is 23.2 Å². The minimum atomic E-state index is -0.484. The molecule has 2 bridgehead atoms. The number of fused-ring (bicyclic) bond motifs is 2. The van der Waals surface area contributed by atoms with E-state index < -0.39 is 10.8 Å². The fourth-order valence-electron chi connectivity index (χ4n) is 5.32. The van der Waals surface area contributed by atoms with Crippen molar-refractivity contribution in [2.24, 2.45) is 10.8 Å². The molecule has 1 saturated carbocycles. The number of hydrogen-bond donors (Lipinski definition) is 2. The molecule has 9 nitrogen and oxygen atoms in total. The van der Waals surface area contributed by atoms with Crippen molar-refractivity contribution in [3.8, 4) is 0 Å². The molecule has 2 aromatic rings. The topological polar surface area (TPSA) is 113 Å². The lowest BCUT2D eigenvalue weighted by atomic mass is 9.65. The van der Waals surface area contributed by atoms with Crippen LogP contribution in [0.1, 0.15) is 50.4 Å². The molecule has 9 heteroatoms. The molecule has 1 saturated heterocycles. The van der Waals surface area contributed by atoms with Gasteiger partial charge in [-0.1, -0.05) is 39.0 Å². The van der Waals surface area contributed by atoms with E-state index in [0.29, 0.717) is 11.4 Å². The molecule has 1 aliphatic carbocycles. The van der Waals surface area contributed by atoms with Crippen molar-refractivity contribution in [1.82, 2.24) is 15.4 Å². The molecule has 1 amide bonds. The predicted octanol–water partition coefficient (Wildman–Crippen LogP) is 3.55. The Bertz CT molecular complexity index is 980. The van der Waals surface area contributed by atoms with Crippen LogP contribution < -0.4 is 15.8 Å². The zero-order valence-corrected chi connectivity index (χ0v) is 17.4. The Balaban J connectivity index is 1.61. The summed E-state index contributed by atoms with van der Waals surface area (Å²) in [5.41, 5.74) is 5.61. The van der Waals surface area contributed by atoms with Crippen LogP contribution in [0.2, 0.25) is 0 Å². The highest BCUT2D eigenvalue weighted by Gasteiger charge is 2.51. The van der Waals surface area contributed by atoms with Gasteiger partial charge in [0, 0.05) is 18.2 Å². The highest BCUT2D eigenvalue weighted by molar-refractivity contribution is 5.95. The minimum absolute atomic E-state index is 0.0276. The second kappa shape index (κ2) is 7.23. The summed E-state index contributed by atoms with van der Waals surface area (Å²) in [6, 6.07) is 8.80. The Morgan fingerprint density at radius 1 is 1.20 bits per heavy atom. The van der Waals surface area contributed by atoms with Crippen LogP contribution in [0.3, 0.4) is 0 Å². The fraction of sp³-hybridized carbons (Fsp3) is 0.476. The third-order valence-corrected chi connectivity index (χ3v) is 6.00. The summed E-state index contributed by atoms with van der Waals surface area (Å²) in [6.07, 6.45) is 4.32. The van der Waals surface area contributed by atoms with Gasteiger partial charge in [0.05, 0.1) is 4.92 Å². The number of aromatic nitrogens is 2. The first-order valence-electron chi connectivity index (χ1n) is 10.0. The van der Waals surface area contributed by atoms with Crippen LogP contribution in [-0.2, 0) is 0 Å². The number of amides is 1. The third-order valence-electron chi connectivity index (χ3n) is 6.00. The number of rotatable bonds is 5. The van der Waals surface area contributed by atoms with Crippen molar-refractivity contribution in [3.05, 3.63) is 52.3 Å². The summed E-state index contributed by atoms with van der Waals surface area (Å²) in [5, 5.41) is 12.0. The molecule has 2 heterocycles. The lowest BCUT2D eigenvalue weighted by Gasteiger charge is -2.39. The largest absolute Gasteiger partial charge is 0.355 e. The maximum atomic E-state index is 12.3. The Kier molecular flexibility index (Phi) is 4.83. The smallest absolute Gasteiger partial charge is 0.347 e. The van der Waals surface area contributed by atoms with Gasteiger partial charge in [0.1, 0.15) is 6.33 Å². The van der Waals surface area contributed by atoms with E-state index in [-0.39, 0.29) is 28.4 Å². The lowest BCUT2D eigenvalue weighted by molar-refractivity contribution is -0.383. The first-order valence-corrected chi connectivity index (χ1v) is 10.0. The van der Waals surface area contributed by atoms with E-state index in [1.165, 1.54) is 6.33 Å². The maximum absolute atomic E-state index is 12.3. The molecule has 2 unspecified atom stereocenters. The van der Waals surface area contributed by atoms with Crippen LogP contribution in [0.25, 0.3) is 0 Å². The molecule has 2 atom stereocenters. The number of nitrogens with zero attached hydrogens (tertiary/aromatic N) is 4. The van der Waals surface area contributed by atoms with Gasteiger partial charge in [-0.05, 0) is 42.2 Å². The zero-order chi connectivity index (χ0) is 21.5. The minimum Gasteiger partial charge on any atom is -0.347 e. The van der Waals surface area contributed by atoms with Crippen molar-refractivity contribution in [3.63, 3.8) is 0 Å². The van der Waals surface area contributed by atoms with Gasteiger partial charge in [0.25, 0.3) is 5.91 Å². The second-order valence-electron chi connectivity index (χ2n) is 9.44. The molecule has 0 spiro atoms. The summed E-state index contributed by atoms with van der Waals surface area (Å²) in [4.78, 5) is 34.1. The maximum Gasteiger partial charge on any atom is 0.355 e. The van der Waals surface area contributed by atoms with Crippen molar-refractivity contribution < 1.29 is 9.72 Å². The molecular formula is C21H26N6O3. The Morgan fingerprint density at radius 3 is 2.63 bits per heavy atom. The van der Waals surface area contributed by atoms with E-state index in [1.54, 1.807) is 30.3 Å². The molecule has 1 aliphatic heterocycles. The van der Waals surface area contributed by atoms with Gasteiger partial charge < -0.3 is 4.90 Å². The van der Waals surface area contributed by atoms with E-state index in [1.807, 2.05) is 0 Å². The molecule has 2 fully saturated rings. The van der Waals surface area contributed by atoms with E-state index in [2.05, 4.69) is 46.5 Å². The monoisotopic (exact) mass is 410 g/mol. The summed E-state index contributed by atoms with van der Waals surface area (Å²) in [7, 11) is 0. The molecule has 2 aliphatic rings. The van der Waals surface area contributed by atoms with Gasteiger partial charge in [0.15, 0.2) is 0 Å². The first-order chi connectivity index (χ1) is 14.2. The van der Waals surface area contributed by atoms with Crippen LogP contribution in [0.5, 0.6) is 0 Å². The molecule has 0 radical (unpaired) electrons. The number of anilines is 2. The van der Waals surface area contributed by atoms with Gasteiger partial charge >= 0.3 is 5.69 Å². The summed E-state index contributed by atoms with van der Waals surface area (Å²) in [5.74, 6) is -0.130. The van der Waals surface area contributed by atoms with Gasteiger partial charge in [0.2, 0.25) is 11.6 Å². The highest BCUT2D eigenvalue weighted by atomic mass is 16.6. The summed E-state index contributed by atoms with van der Waals surface area (Å²) >= 11 is 0. The second-order valence-corrected chi connectivity index (χ2v) is 9.44. The van der Waals surface area contributed by atoms with Crippen molar-refractivity contribution in [2.75, 3.05) is 16.9 Å². The number of hydrazine groups is 1.